The fraction of sp³-hybridized carbons (Fsp3) is 0.0690. The molecule has 9 aromatic carbocycles. The lowest BCUT2D eigenvalue weighted by Gasteiger charge is -2.27. The molecule has 0 heterocycles. The Hall–Kier alpha value is -7.84. The molecule has 0 spiro atoms. The van der Waals surface area contributed by atoms with Crippen molar-refractivity contribution in [3.63, 3.8) is 0 Å². The summed E-state index contributed by atoms with van der Waals surface area (Å²) in [5.74, 6) is 0. The average molecular weight is 881 g/mol. The van der Waals surface area contributed by atoms with Crippen molar-refractivity contribution in [2.24, 2.45) is 0 Å². The highest BCUT2D eigenvalue weighted by Gasteiger charge is 2.33. The highest BCUT2D eigenvalue weighted by molar-refractivity contribution is 5.83. The Morgan fingerprint density at radius 2 is 0.485 bits per heavy atom. The van der Waals surface area contributed by atoms with Gasteiger partial charge in [0.25, 0.3) is 0 Å². The molecule has 9 aromatic rings. The van der Waals surface area contributed by atoms with E-state index < -0.39 is 23.5 Å². The Morgan fingerprint density at radius 3 is 0.727 bits per heavy atom. The molecule has 0 saturated heterocycles. The van der Waals surface area contributed by atoms with E-state index in [1.807, 2.05) is 192 Å². The van der Waals surface area contributed by atoms with Crippen molar-refractivity contribution >= 4 is 34.1 Å². The van der Waals surface area contributed by atoms with Gasteiger partial charge in [0.2, 0.25) is 0 Å². The fourth-order valence-electron chi connectivity index (χ4n) is 8.33. The zero-order chi connectivity index (χ0) is 46.0. The largest absolute Gasteiger partial charge is 0.416 e. The van der Waals surface area contributed by atoms with Crippen LogP contribution in [-0.2, 0) is 12.4 Å². The molecule has 326 valence electrons. The van der Waals surface area contributed by atoms with Gasteiger partial charge in [-0.15, -0.1) is 0 Å². The van der Waals surface area contributed by atoms with Crippen LogP contribution in [0.1, 0.15) is 22.3 Å². The summed E-state index contributed by atoms with van der Waals surface area (Å²) in [4.78, 5) is 3.67. The second-order valence-electron chi connectivity index (χ2n) is 16.3. The number of halogens is 6. The van der Waals surface area contributed by atoms with Gasteiger partial charge >= 0.3 is 12.4 Å². The summed E-state index contributed by atoms with van der Waals surface area (Å²) in [6, 6.07) is 67.1. The molecular weight excluding hydrogens is 839 g/mol. The Labute approximate surface area is 380 Å². The molecule has 0 amide bonds. The van der Waals surface area contributed by atoms with E-state index in [0.717, 1.165) is 56.6 Å². The molecule has 9 rings (SSSR count). The second kappa shape index (κ2) is 18.0. The van der Waals surface area contributed by atoms with E-state index in [9.17, 15) is 26.3 Å². The zero-order valence-electron chi connectivity index (χ0n) is 35.9. The molecule has 66 heavy (non-hydrogen) atoms. The molecule has 0 radical (unpaired) electrons. The van der Waals surface area contributed by atoms with Gasteiger partial charge in [0.05, 0.1) is 11.1 Å². The molecule has 0 N–H and O–H groups in total. The zero-order valence-corrected chi connectivity index (χ0v) is 35.9. The summed E-state index contributed by atoms with van der Waals surface area (Å²) in [5.41, 5.74) is 11.0. The van der Waals surface area contributed by atoms with Crippen molar-refractivity contribution in [1.82, 2.24) is 0 Å². The summed E-state index contributed by atoms with van der Waals surface area (Å²) >= 11 is 0. The summed E-state index contributed by atoms with van der Waals surface area (Å²) in [6.07, 6.45) is -9.02. The van der Waals surface area contributed by atoms with Gasteiger partial charge in [-0.1, -0.05) is 133 Å². The molecule has 0 saturated carbocycles. The van der Waals surface area contributed by atoms with E-state index in [1.54, 1.807) is 26.0 Å². The summed E-state index contributed by atoms with van der Waals surface area (Å²) in [5, 5.41) is 0. The van der Waals surface area contributed by atoms with E-state index in [0.29, 0.717) is 45.3 Å². The van der Waals surface area contributed by atoms with Crippen LogP contribution in [0, 0.1) is 13.8 Å². The molecule has 0 atom stereocenters. The van der Waals surface area contributed by atoms with Crippen LogP contribution in [0.2, 0.25) is 0 Å². The predicted octanol–water partition coefficient (Wildman–Crippen LogP) is 17.9. The monoisotopic (exact) mass is 880 g/mol. The first-order chi connectivity index (χ1) is 31.8. The van der Waals surface area contributed by atoms with Crippen molar-refractivity contribution in [2.75, 3.05) is 9.80 Å². The minimum Gasteiger partial charge on any atom is -0.310 e. The summed E-state index contributed by atoms with van der Waals surface area (Å²) in [6.45, 7) is 3.33. The lowest BCUT2D eigenvalue weighted by Crippen LogP contribution is -2.13. The van der Waals surface area contributed by atoms with Crippen LogP contribution < -0.4 is 9.80 Å². The molecule has 0 bridgehead atoms. The van der Waals surface area contributed by atoms with Crippen molar-refractivity contribution in [3.05, 3.63) is 241 Å². The first-order valence-electron chi connectivity index (χ1n) is 21.4. The minimum absolute atomic E-state index is 0.395. The van der Waals surface area contributed by atoms with E-state index in [4.69, 9.17) is 0 Å². The van der Waals surface area contributed by atoms with Gasteiger partial charge in [-0.2, -0.15) is 26.3 Å². The number of anilines is 6. The van der Waals surface area contributed by atoms with Crippen LogP contribution in [0.4, 0.5) is 60.5 Å². The highest BCUT2D eigenvalue weighted by Crippen LogP contribution is 2.43. The Morgan fingerprint density at radius 1 is 0.258 bits per heavy atom. The number of aryl methyl sites for hydroxylation is 2. The van der Waals surface area contributed by atoms with Gasteiger partial charge in [-0.05, 0) is 154 Å². The van der Waals surface area contributed by atoms with Crippen LogP contribution in [0.5, 0.6) is 0 Å². The molecule has 2 nitrogen and oxygen atoms in total. The van der Waals surface area contributed by atoms with Gasteiger partial charge in [0, 0.05) is 34.1 Å². The third-order valence-corrected chi connectivity index (χ3v) is 11.6. The van der Waals surface area contributed by atoms with Gasteiger partial charge in [0.1, 0.15) is 0 Å². The lowest BCUT2D eigenvalue weighted by molar-refractivity contribution is -0.138. The number of benzene rings is 9. The SMILES string of the molecule is Cc1cc(N(c2ccc(-c3ccccc3)cc2)c2ccc(-c3ccc(-c4ccc(N(c5ccc(-c6ccccc6)cc5)c5cc(C)cc(C(F)(F)F)c5)cc4)cc3)cc2)cc(C(F)(F)F)c1. The van der Waals surface area contributed by atoms with Crippen LogP contribution in [0.25, 0.3) is 44.5 Å². The molecule has 8 heteroatoms. The van der Waals surface area contributed by atoms with Crippen molar-refractivity contribution in [3.8, 4) is 44.5 Å². The first kappa shape index (κ1) is 43.4. The smallest absolute Gasteiger partial charge is 0.310 e. The van der Waals surface area contributed by atoms with Crippen LogP contribution in [0.3, 0.4) is 0 Å². The topological polar surface area (TPSA) is 6.48 Å². The summed E-state index contributed by atoms with van der Waals surface area (Å²) < 4.78 is 84.4. The summed E-state index contributed by atoms with van der Waals surface area (Å²) in [7, 11) is 0. The standard InChI is InChI=1S/C58H42F6N2/c1-39-33-49(57(59,60)61)37-55(35-39)65(51-25-17-45(18-26-51)41-9-5-3-6-10-41)53-29-21-47(22-30-53)43-13-15-44(16-14-43)48-23-31-54(32-24-48)66(56-36-40(2)34-50(38-56)58(62,63)64)52-27-19-46(20-28-52)42-11-7-4-8-12-42/h3-38H,1-2H3. The van der Waals surface area contributed by atoms with Crippen molar-refractivity contribution < 1.29 is 26.3 Å². The molecular formula is C58H42F6N2. The van der Waals surface area contributed by atoms with Gasteiger partial charge in [0.15, 0.2) is 0 Å². The van der Waals surface area contributed by atoms with E-state index in [-0.39, 0.29) is 0 Å². The fourth-order valence-corrected chi connectivity index (χ4v) is 8.33. The Balaban J connectivity index is 0.997. The highest BCUT2D eigenvalue weighted by atomic mass is 19.4. The van der Waals surface area contributed by atoms with Gasteiger partial charge in [-0.3, -0.25) is 0 Å². The lowest BCUT2D eigenvalue weighted by atomic mass is 9.99. The maximum Gasteiger partial charge on any atom is 0.416 e. The molecule has 0 unspecified atom stereocenters. The van der Waals surface area contributed by atoms with E-state index >= 15 is 0 Å². The molecule has 0 fully saturated rings. The van der Waals surface area contributed by atoms with Crippen LogP contribution in [0.15, 0.2) is 218 Å². The van der Waals surface area contributed by atoms with Gasteiger partial charge in [-0.25, -0.2) is 0 Å². The van der Waals surface area contributed by atoms with E-state index in [2.05, 4.69) is 0 Å². The number of hydrogen-bond acceptors (Lipinski definition) is 2. The van der Waals surface area contributed by atoms with Crippen LogP contribution >= 0.6 is 0 Å². The number of hydrogen-bond donors (Lipinski definition) is 0. The Bertz CT molecular complexity index is 2860. The normalized spacial score (nSPS) is 11.6. The maximum atomic E-state index is 14.1. The molecule has 0 aromatic heterocycles. The number of alkyl halides is 6. The molecule has 0 aliphatic heterocycles. The number of nitrogens with zero attached hydrogens (tertiary/aromatic N) is 2. The quantitative estimate of drug-likeness (QED) is 0.126. The Kier molecular flexibility index (Phi) is 11.8. The van der Waals surface area contributed by atoms with E-state index in [1.165, 1.54) is 12.1 Å². The second-order valence-corrected chi connectivity index (χ2v) is 16.3. The third-order valence-electron chi connectivity index (χ3n) is 11.6. The van der Waals surface area contributed by atoms with Crippen molar-refractivity contribution in [1.29, 1.82) is 0 Å². The number of rotatable bonds is 10. The molecule has 0 aliphatic carbocycles. The van der Waals surface area contributed by atoms with Gasteiger partial charge < -0.3 is 9.80 Å². The average Bonchev–Trinajstić information content (AvgIpc) is 3.32. The minimum atomic E-state index is -4.51. The van der Waals surface area contributed by atoms with Crippen molar-refractivity contribution in [2.45, 2.75) is 26.2 Å². The first-order valence-corrected chi connectivity index (χ1v) is 21.4. The third kappa shape index (κ3) is 9.49. The van der Waals surface area contributed by atoms with Crippen LogP contribution in [-0.4, -0.2) is 0 Å². The maximum absolute atomic E-state index is 14.1. The predicted molar refractivity (Wildman–Crippen MR) is 257 cm³/mol. The molecule has 0 aliphatic rings.